The molecule has 3 aliphatic heterocycles. The quantitative estimate of drug-likeness (QED) is 0.721. The van der Waals surface area contributed by atoms with Gasteiger partial charge in [-0.2, -0.15) is 0 Å². The average molecular weight is 401 g/mol. The first-order chi connectivity index (χ1) is 13.6. The molecule has 4 rings (SSSR count). The highest BCUT2D eigenvalue weighted by Crippen LogP contribution is 2.32. The molecule has 0 spiro atoms. The maximum Gasteiger partial charge on any atom is 0.294 e. The summed E-state index contributed by atoms with van der Waals surface area (Å²) in [6.45, 7) is 3.91. The van der Waals surface area contributed by atoms with Crippen LogP contribution in [0.25, 0.3) is 6.08 Å². The highest BCUT2D eigenvalue weighted by atomic mass is 32.2. The number of hydrogen-bond donors (Lipinski definition) is 0. The first kappa shape index (κ1) is 19.0. The summed E-state index contributed by atoms with van der Waals surface area (Å²) in [5.41, 5.74) is 2.05. The molecule has 0 unspecified atom stereocenters. The number of benzene rings is 1. The average Bonchev–Trinajstić information content (AvgIpc) is 3.34. The van der Waals surface area contributed by atoms with E-state index >= 15 is 0 Å². The Hall–Kier alpha value is -2.32. The molecule has 1 aromatic carbocycles. The molecule has 0 bridgehead atoms. The van der Waals surface area contributed by atoms with Crippen molar-refractivity contribution in [2.45, 2.75) is 12.8 Å². The van der Waals surface area contributed by atoms with Gasteiger partial charge in [0.15, 0.2) is 0 Å². The first-order valence-electron chi connectivity index (χ1n) is 9.58. The summed E-state index contributed by atoms with van der Waals surface area (Å²) in [4.78, 5) is 42.6. The van der Waals surface area contributed by atoms with Crippen molar-refractivity contribution in [3.63, 3.8) is 0 Å². The molecule has 3 amide bonds. The van der Waals surface area contributed by atoms with E-state index in [1.165, 1.54) is 18.5 Å². The van der Waals surface area contributed by atoms with Crippen LogP contribution in [0, 0.1) is 0 Å². The zero-order chi connectivity index (χ0) is 19.5. The third kappa shape index (κ3) is 4.07. The Bertz CT molecular complexity index is 796. The number of hydrogen-bond acceptors (Lipinski definition) is 6. The molecule has 8 heteroatoms. The Balaban J connectivity index is 1.42. The fraction of sp³-hybridized carbons (Fsp3) is 0.450. The fourth-order valence-electron chi connectivity index (χ4n) is 3.59. The van der Waals surface area contributed by atoms with Crippen LogP contribution in [-0.2, 0) is 14.3 Å². The minimum atomic E-state index is -0.403. The molecule has 0 atom stereocenters. The molecule has 0 saturated carbocycles. The highest BCUT2D eigenvalue weighted by Gasteiger charge is 2.37. The van der Waals surface area contributed by atoms with E-state index < -0.39 is 11.1 Å². The molecule has 1 aromatic rings. The fourth-order valence-corrected chi connectivity index (χ4v) is 4.43. The zero-order valence-electron chi connectivity index (χ0n) is 15.6. The molecule has 28 heavy (non-hydrogen) atoms. The van der Waals surface area contributed by atoms with Gasteiger partial charge in [0.2, 0.25) is 5.91 Å². The van der Waals surface area contributed by atoms with E-state index in [9.17, 15) is 14.4 Å². The minimum Gasteiger partial charge on any atom is -0.378 e. The number of rotatable bonds is 4. The number of anilines is 1. The van der Waals surface area contributed by atoms with Gasteiger partial charge in [-0.3, -0.25) is 19.3 Å². The van der Waals surface area contributed by atoms with Crippen LogP contribution in [0.1, 0.15) is 18.4 Å². The Morgan fingerprint density at radius 1 is 1.04 bits per heavy atom. The Morgan fingerprint density at radius 2 is 1.71 bits per heavy atom. The van der Waals surface area contributed by atoms with Crippen molar-refractivity contribution in [1.82, 2.24) is 9.80 Å². The predicted octanol–water partition coefficient (Wildman–Crippen LogP) is 2.18. The zero-order valence-corrected chi connectivity index (χ0v) is 16.5. The number of thioether (sulfide) groups is 1. The number of morpholine rings is 1. The van der Waals surface area contributed by atoms with Crippen LogP contribution in [0.3, 0.4) is 0 Å². The Labute approximate surface area is 168 Å². The van der Waals surface area contributed by atoms with Crippen LogP contribution >= 0.6 is 11.8 Å². The monoisotopic (exact) mass is 401 g/mol. The van der Waals surface area contributed by atoms with E-state index in [1.807, 2.05) is 24.3 Å². The third-order valence-electron chi connectivity index (χ3n) is 5.19. The van der Waals surface area contributed by atoms with Crippen LogP contribution in [0.2, 0.25) is 0 Å². The van der Waals surface area contributed by atoms with Gasteiger partial charge in [-0.1, -0.05) is 12.1 Å². The lowest BCUT2D eigenvalue weighted by Gasteiger charge is -2.28. The van der Waals surface area contributed by atoms with Crippen LogP contribution in [0.4, 0.5) is 10.5 Å². The summed E-state index contributed by atoms with van der Waals surface area (Å²) in [5, 5.41) is -0.397. The van der Waals surface area contributed by atoms with Gasteiger partial charge in [-0.25, -0.2) is 0 Å². The van der Waals surface area contributed by atoms with Gasteiger partial charge < -0.3 is 14.5 Å². The number of carbonyl (C=O) groups is 3. The standard InChI is InChI=1S/C20H23N3O4S/c24-18(22-9-11-27-12-10-22)14-23-19(25)17(28-20(23)26)13-15-3-5-16(6-4-15)21-7-1-2-8-21/h3-6,13H,1-2,7-12,14H2. The SMILES string of the molecule is O=C(CN1C(=O)SC(=Cc2ccc(N3CCCC3)cc2)C1=O)N1CCOCC1. The van der Waals surface area contributed by atoms with Gasteiger partial charge in [0.25, 0.3) is 11.1 Å². The molecule has 3 saturated heterocycles. The van der Waals surface area contributed by atoms with Gasteiger partial charge in [0.05, 0.1) is 18.1 Å². The topological polar surface area (TPSA) is 70.2 Å². The second-order valence-corrected chi connectivity index (χ2v) is 8.04. The number of carbonyl (C=O) groups excluding carboxylic acids is 3. The number of nitrogens with zero attached hydrogens (tertiary/aromatic N) is 3. The highest BCUT2D eigenvalue weighted by molar-refractivity contribution is 8.18. The van der Waals surface area contributed by atoms with Gasteiger partial charge in [0, 0.05) is 31.9 Å². The number of amides is 3. The van der Waals surface area contributed by atoms with Crippen molar-refractivity contribution >= 4 is 40.6 Å². The molecule has 0 N–H and O–H groups in total. The first-order valence-corrected chi connectivity index (χ1v) is 10.4. The lowest BCUT2D eigenvalue weighted by molar-refractivity contribution is -0.139. The van der Waals surface area contributed by atoms with Crippen molar-refractivity contribution in [2.24, 2.45) is 0 Å². The number of ether oxygens (including phenoxy) is 1. The summed E-state index contributed by atoms with van der Waals surface area (Å²) in [6.07, 6.45) is 4.16. The van der Waals surface area contributed by atoms with Crippen LogP contribution in [0.15, 0.2) is 29.2 Å². The maximum atomic E-state index is 12.6. The van der Waals surface area contributed by atoms with E-state index in [2.05, 4.69) is 4.90 Å². The molecule has 3 aliphatic rings. The maximum absolute atomic E-state index is 12.6. The summed E-state index contributed by atoms with van der Waals surface area (Å²) >= 11 is 0.887. The number of imide groups is 1. The van der Waals surface area contributed by atoms with Crippen molar-refractivity contribution in [1.29, 1.82) is 0 Å². The lowest BCUT2D eigenvalue weighted by Crippen LogP contribution is -2.46. The van der Waals surface area contributed by atoms with Gasteiger partial charge >= 0.3 is 0 Å². The molecule has 3 fully saturated rings. The molecule has 0 aliphatic carbocycles. The van der Waals surface area contributed by atoms with Crippen molar-refractivity contribution in [3.8, 4) is 0 Å². The van der Waals surface area contributed by atoms with E-state index in [4.69, 9.17) is 4.74 Å². The second-order valence-electron chi connectivity index (χ2n) is 7.05. The normalized spacial score (nSPS) is 21.9. The summed E-state index contributed by atoms with van der Waals surface area (Å²) in [6, 6.07) is 8.01. The molecular weight excluding hydrogens is 378 g/mol. The molecule has 148 valence electrons. The van der Waals surface area contributed by atoms with Crippen LogP contribution in [0.5, 0.6) is 0 Å². The van der Waals surface area contributed by atoms with Crippen molar-refractivity contribution < 1.29 is 19.1 Å². The smallest absolute Gasteiger partial charge is 0.294 e. The van der Waals surface area contributed by atoms with Gasteiger partial charge in [-0.15, -0.1) is 0 Å². The summed E-state index contributed by atoms with van der Waals surface area (Å²) in [7, 11) is 0. The predicted molar refractivity (Wildman–Crippen MR) is 108 cm³/mol. The van der Waals surface area contributed by atoms with Crippen LogP contribution in [-0.4, -0.2) is 72.8 Å². The summed E-state index contributed by atoms with van der Waals surface area (Å²) in [5.74, 6) is -0.623. The second kappa shape index (κ2) is 8.36. The molecule has 0 aromatic heterocycles. The van der Waals surface area contributed by atoms with E-state index in [1.54, 1.807) is 11.0 Å². The molecule has 0 radical (unpaired) electrons. The largest absolute Gasteiger partial charge is 0.378 e. The van der Waals surface area contributed by atoms with E-state index in [0.29, 0.717) is 31.2 Å². The van der Waals surface area contributed by atoms with Gasteiger partial charge in [-0.05, 0) is 48.4 Å². The van der Waals surface area contributed by atoms with E-state index in [-0.39, 0.29) is 12.5 Å². The van der Waals surface area contributed by atoms with Crippen LogP contribution < -0.4 is 4.90 Å². The molecular formula is C20H23N3O4S. The van der Waals surface area contributed by atoms with Gasteiger partial charge in [0.1, 0.15) is 6.54 Å². The Morgan fingerprint density at radius 3 is 2.39 bits per heavy atom. The Kier molecular flexibility index (Phi) is 5.68. The lowest BCUT2D eigenvalue weighted by atomic mass is 10.2. The van der Waals surface area contributed by atoms with Crippen molar-refractivity contribution in [2.75, 3.05) is 50.8 Å². The molecule has 7 nitrogen and oxygen atoms in total. The third-order valence-corrected chi connectivity index (χ3v) is 6.10. The van der Waals surface area contributed by atoms with Crippen molar-refractivity contribution in [3.05, 3.63) is 34.7 Å². The summed E-state index contributed by atoms with van der Waals surface area (Å²) < 4.78 is 5.23. The molecule has 3 heterocycles. The van der Waals surface area contributed by atoms with E-state index in [0.717, 1.165) is 35.3 Å². The minimum absolute atomic E-state index is 0.212.